The predicted molar refractivity (Wildman–Crippen MR) is 122 cm³/mol. The highest BCUT2D eigenvalue weighted by Crippen LogP contribution is 2.38. The zero-order chi connectivity index (χ0) is 23.8. The first kappa shape index (κ1) is 24.1. The molecule has 2 heterocycles. The summed E-state index contributed by atoms with van der Waals surface area (Å²) in [7, 11) is 4.63. The van der Waals surface area contributed by atoms with Crippen LogP contribution in [0.3, 0.4) is 0 Å². The van der Waals surface area contributed by atoms with Gasteiger partial charge in [-0.3, -0.25) is 14.5 Å². The largest absolute Gasteiger partial charge is 0.493 e. The van der Waals surface area contributed by atoms with E-state index in [1.807, 2.05) is 0 Å². The van der Waals surface area contributed by atoms with E-state index in [4.69, 9.17) is 18.7 Å². The van der Waals surface area contributed by atoms with Crippen molar-refractivity contribution in [1.82, 2.24) is 20.3 Å². The number of piperazine rings is 1. The van der Waals surface area contributed by atoms with Gasteiger partial charge >= 0.3 is 0 Å². The van der Waals surface area contributed by atoms with Gasteiger partial charge in [0.25, 0.3) is 5.91 Å². The van der Waals surface area contributed by atoms with E-state index in [0.717, 1.165) is 18.7 Å². The van der Waals surface area contributed by atoms with E-state index in [1.165, 1.54) is 6.08 Å². The Morgan fingerprint density at radius 2 is 1.73 bits per heavy atom. The Morgan fingerprint density at radius 3 is 2.27 bits per heavy atom. The maximum Gasteiger partial charge on any atom is 0.276 e. The molecule has 0 bridgehead atoms. The van der Waals surface area contributed by atoms with Gasteiger partial charge in [-0.2, -0.15) is 0 Å². The number of aryl methyl sites for hydroxylation is 1. The Balaban J connectivity index is 1.43. The second-order valence-electron chi connectivity index (χ2n) is 7.54. The molecule has 1 aromatic carbocycles. The first-order valence-corrected chi connectivity index (χ1v) is 10.7. The Labute approximate surface area is 193 Å². The Hall–Kier alpha value is -3.53. The number of hydrogen-bond donors (Lipinski definition) is 1. The molecule has 2 amide bonds. The van der Waals surface area contributed by atoms with E-state index in [-0.39, 0.29) is 11.8 Å². The molecule has 0 aliphatic carbocycles. The molecule has 178 valence electrons. The lowest BCUT2D eigenvalue weighted by Crippen LogP contribution is -2.50. The maximum atomic E-state index is 12.4. The molecule has 0 saturated carbocycles. The number of ether oxygens (including phenoxy) is 3. The summed E-state index contributed by atoms with van der Waals surface area (Å²) < 4.78 is 20.9. The van der Waals surface area contributed by atoms with Crippen LogP contribution >= 0.6 is 0 Å². The van der Waals surface area contributed by atoms with Crippen molar-refractivity contribution in [3.8, 4) is 17.2 Å². The van der Waals surface area contributed by atoms with Gasteiger partial charge in [0.2, 0.25) is 11.7 Å². The number of amides is 2. The molecule has 2 aromatic rings. The molecule has 1 aromatic heterocycles. The van der Waals surface area contributed by atoms with Gasteiger partial charge in [0, 0.05) is 51.4 Å². The fourth-order valence-corrected chi connectivity index (χ4v) is 3.57. The number of nitrogens with one attached hydrogen (secondary N) is 1. The topological polar surface area (TPSA) is 106 Å². The van der Waals surface area contributed by atoms with Crippen LogP contribution < -0.4 is 19.5 Å². The second kappa shape index (κ2) is 11.4. The van der Waals surface area contributed by atoms with Crippen LogP contribution in [0.25, 0.3) is 6.08 Å². The zero-order valence-electron chi connectivity index (χ0n) is 19.4. The van der Waals surface area contributed by atoms with Crippen LogP contribution in [0.5, 0.6) is 17.2 Å². The number of carbonyl (C=O) groups excluding carboxylic acids is 2. The summed E-state index contributed by atoms with van der Waals surface area (Å²) >= 11 is 0. The molecule has 0 unspecified atom stereocenters. The minimum Gasteiger partial charge on any atom is -0.493 e. The van der Waals surface area contributed by atoms with Crippen LogP contribution in [-0.4, -0.2) is 87.4 Å². The van der Waals surface area contributed by atoms with Gasteiger partial charge in [0.05, 0.1) is 21.3 Å². The standard InChI is InChI=1S/C23H30N4O6/c1-16-13-18(25-33-16)23(29)27-11-9-26(10-12-27)8-7-24-21(28)6-5-17-14-19(30-2)22(32-4)20(15-17)31-3/h5-6,13-15H,7-12H2,1-4H3,(H,24,28)/b6-5+. The van der Waals surface area contributed by atoms with E-state index in [0.29, 0.717) is 54.9 Å². The maximum absolute atomic E-state index is 12.4. The Kier molecular flexibility index (Phi) is 8.31. The second-order valence-corrected chi connectivity index (χ2v) is 7.54. The summed E-state index contributed by atoms with van der Waals surface area (Å²) in [5, 5.41) is 6.68. The van der Waals surface area contributed by atoms with Crippen LogP contribution in [0.4, 0.5) is 0 Å². The molecular weight excluding hydrogens is 428 g/mol. The summed E-state index contributed by atoms with van der Waals surface area (Å²) in [4.78, 5) is 28.6. The molecule has 0 radical (unpaired) electrons. The van der Waals surface area contributed by atoms with Gasteiger partial charge in [-0.15, -0.1) is 0 Å². The molecule has 1 fully saturated rings. The van der Waals surface area contributed by atoms with E-state index in [2.05, 4.69) is 15.4 Å². The fraction of sp³-hybridized carbons (Fsp3) is 0.435. The molecule has 1 aliphatic heterocycles. The first-order chi connectivity index (χ1) is 15.9. The highest BCUT2D eigenvalue weighted by Gasteiger charge is 2.24. The summed E-state index contributed by atoms with van der Waals surface area (Å²) in [6.07, 6.45) is 3.16. The van der Waals surface area contributed by atoms with E-state index >= 15 is 0 Å². The minimum absolute atomic E-state index is 0.114. The van der Waals surface area contributed by atoms with Gasteiger partial charge in [0.15, 0.2) is 17.2 Å². The van der Waals surface area contributed by atoms with Crippen molar-refractivity contribution in [3.05, 3.63) is 41.3 Å². The molecule has 10 heteroatoms. The monoisotopic (exact) mass is 458 g/mol. The highest BCUT2D eigenvalue weighted by molar-refractivity contribution is 5.92. The first-order valence-electron chi connectivity index (χ1n) is 10.7. The van der Waals surface area contributed by atoms with E-state index < -0.39 is 0 Å². The third-order valence-corrected chi connectivity index (χ3v) is 5.35. The minimum atomic E-state index is -0.195. The summed E-state index contributed by atoms with van der Waals surface area (Å²) in [5.74, 6) is 1.85. The van der Waals surface area contributed by atoms with Crippen molar-refractivity contribution in [2.75, 3.05) is 60.6 Å². The number of methoxy groups -OCH3 is 3. The van der Waals surface area contributed by atoms with Crippen LogP contribution in [0.1, 0.15) is 21.8 Å². The molecule has 10 nitrogen and oxygen atoms in total. The van der Waals surface area contributed by atoms with Crippen LogP contribution in [0.15, 0.2) is 28.8 Å². The van der Waals surface area contributed by atoms with Crippen molar-refractivity contribution < 1.29 is 28.3 Å². The van der Waals surface area contributed by atoms with Gasteiger partial charge in [-0.25, -0.2) is 0 Å². The number of carbonyl (C=O) groups is 2. The zero-order valence-corrected chi connectivity index (χ0v) is 19.4. The van der Waals surface area contributed by atoms with Gasteiger partial charge in [-0.1, -0.05) is 5.16 Å². The van der Waals surface area contributed by atoms with Crippen LogP contribution in [-0.2, 0) is 4.79 Å². The van der Waals surface area contributed by atoms with Crippen molar-refractivity contribution >= 4 is 17.9 Å². The molecule has 1 N–H and O–H groups in total. The number of benzene rings is 1. The number of aromatic nitrogens is 1. The number of hydrogen-bond acceptors (Lipinski definition) is 8. The van der Waals surface area contributed by atoms with Crippen molar-refractivity contribution in [1.29, 1.82) is 0 Å². The quantitative estimate of drug-likeness (QED) is 0.565. The lowest BCUT2D eigenvalue weighted by atomic mass is 10.1. The predicted octanol–water partition coefficient (Wildman–Crippen LogP) is 1.60. The Bertz CT molecular complexity index is 970. The lowest BCUT2D eigenvalue weighted by Gasteiger charge is -2.34. The van der Waals surface area contributed by atoms with Crippen molar-refractivity contribution in [3.63, 3.8) is 0 Å². The molecule has 0 spiro atoms. The molecule has 1 aliphatic rings. The molecule has 33 heavy (non-hydrogen) atoms. The molecular formula is C23H30N4O6. The third-order valence-electron chi connectivity index (χ3n) is 5.35. The van der Waals surface area contributed by atoms with E-state index in [9.17, 15) is 9.59 Å². The number of nitrogens with zero attached hydrogens (tertiary/aromatic N) is 3. The smallest absolute Gasteiger partial charge is 0.276 e. The fourth-order valence-electron chi connectivity index (χ4n) is 3.57. The van der Waals surface area contributed by atoms with Gasteiger partial charge in [0.1, 0.15) is 5.76 Å². The van der Waals surface area contributed by atoms with Crippen LogP contribution in [0, 0.1) is 6.92 Å². The van der Waals surface area contributed by atoms with Crippen molar-refractivity contribution in [2.24, 2.45) is 0 Å². The van der Waals surface area contributed by atoms with Crippen molar-refractivity contribution in [2.45, 2.75) is 6.92 Å². The lowest BCUT2D eigenvalue weighted by molar-refractivity contribution is -0.116. The normalized spacial score (nSPS) is 14.4. The summed E-state index contributed by atoms with van der Waals surface area (Å²) in [6, 6.07) is 5.19. The summed E-state index contributed by atoms with van der Waals surface area (Å²) in [6.45, 7) is 5.67. The molecule has 1 saturated heterocycles. The Morgan fingerprint density at radius 1 is 1.06 bits per heavy atom. The van der Waals surface area contributed by atoms with Gasteiger partial charge < -0.3 is 29.0 Å². The summed E-state index contributed by atoms with van der Waals surface area (Å²) in [5.41, 5.74) is 1.09. The molecule has 0 atom stereocenters. The van der Waals surface area contributed by atoms with Gasteiger partial charge in [-0.05, 0) is 30.7 Å². The molecule has 3 rings (SSSR count). The average molecular weight is 459 g/mol. The average Bonchev–Trinajstić information content (AvgIpc) is 3.28. The highest BCUT2D eigenvalue weighted by atomic mass is 16.5. The van der Waals surface area contributed by atoms with E-state index in [1.54, 1.807) is 57.4 Å². The number of rotatable bonds is 9. The SMILES string of the molecule is COc1cc(/C=C/C(=O)NCCN2CCN(C(=O)c3cc(C)on3)CC2)cc(OC)c1OC. The third kappa shape index (κ3) is 6.26. The van der Waals surface area contributed by atoms with Crippen LogP contribution in [0.2, 0.25) is 0 Å².